The second-order valence-electron chi connectivity index (χ2n) is 6.47. The molecule has 0 saturated carbocycles. The van der Waals surface area contributed by atoms with Crippen molar-refractivity contribution in [2.45, 2.75) is 4.90 Å². The van der Waals surface area contributed by atoms with Gasteiger partial charge in [-0.15, -0.1) is 0 Å². The molecule has 0 radical (unpaired) electrons. The first-order chi connectivity index (χ1) is 14.1. The number of rotatable bonds is 3. The summed E-state index contributed by atoms with van der Waals surface area (Å²) in [5.41, 5.74) is 3.02. The zero-order valence-corrected chi connectivity index (χ0v) is 18.7. The average molecular weight is 452 g/mol. The van der Waals surface area contributed by atoms with Crippen molar-refractivity contribution in [3.63, 3.8) is 0 Å². The van der Waals surface area contributed by atoms with E-state index in [0.29, 0.717) is 6.07 Å². The maximum atomic E-state index is 14.1. The summed E-state index contributed by atoms with van der Waals surface area (Å²) in [7, 11) is -5.19. The normalized spacial score (nSPS) is 12.6. The largest absolute Gasteiger partial charge is 1.00 e. The zero-order chi connectivity index (χ0) is 21.8. The standard InChI is InChI=1S/C20H12F2N2O5S.Na/c21-11-6-3-7-12(22)18(11)24-13-8-14(30(27,28)29)17(23)16-15(13)19(25)9-4-1-2-5-10(9)20(16)26;/h1-8,24H,23H2,(H,27,28,29);/q;+1/p-1. The summed E-state index contributed by atoms with van der Waals surface area (Å²) in [6.45, 7) is 0. The van der Waals surface area contributed by atoms with Gasteiger partial charge < -0.3 is 15.6 Å². The molecule has 0 aliphatic heterocycles. The summed E-state index contributed by atoms with van der Waals surface area (Å²) >= 11 is 0. The molecule has 152 valence electrons. The number of carbonyl (C=O) groups is 2. The minimum atomic E-state index is -5.19. The van der Waals surface area contributed by atoms with E-state index < -0.39 is 60.8 Å². The van der Waals surface area contributed by atoms with E-state index in [9.17, 15) is 31.3 Å². The second kappa shape index (κ2) is 8.13. The predicted octanol–water partition coefficient (Wildman–Crippen LogP) is -0.0259. The van der Waals surface area contributed by atoms with E-state index in [1.54, 1.807) is 0 Å². The molecular weight excluding hydrogens is 441 g/mol. The monoisotopic (exact) mass is 452 g/mol. The Balaban J connectivity index is 0.00000272. The summed E-state index contributed by atoms with van der Waals surface area (Å²) in [5.74, 6) is -3.59. The Bertz CT molecular complexity index is 1360. The molecule has 1 aliphatic carbocycles. The number of ketones is 2. The number of anilines is 3. The van der Waals surface area contributed by atoms with Crippen LogP contribution in [-0.4, -0.2) is 24.5 Å². The van der Waals surface area contributed by atoms with E-state index >= 15 is 0 Å². The van der Waals surface area contributed by atoms with Crippen molar-refractivity contribution in [2.24, 2.45) is 0 Å². The summed E-state index contributed by atoms with van der Waals surface area (Å²) in [5, 5.41) is 2.31. The molecule has 3 N–H and O–H groups in total. The van der Waals surface area contributed by atoms with Crippen LogP contribution in [0, 0.1) is 11.6 Å². The van der Waals surface area contributed by atoms with Gasteiger partial charge in [0, 0.05) is 11.1 Å². The molecule has 4 rings (SSSR count). The number of para-hydroxylation sites is 1. The van der Waals surface area contributed by atoms with E-state index in [1.807, 2.05) is 0 Å². The fraction of sp³-hybridized carbons (Fsp3) is 0. The summed E-state index contributed by atoms with van der Waals surface area (Å²) in [4.78, 5) is 25.1. The van der Waals surface area contributed by atoms with Crippen molar-refractivity contribution in [3.05, 3.63) is 82.4 Å². The van der Waals surface area contributed by atoms with Crippen LogP contribution < -0.4 is 40.6 Å². The number of nitrogens with two attached hydrogens (primary N) is 1. The van der Waals surface area contributed by atoms with Crippen LogP contribution in [0.5, 0.6) is 0 Å². The van der Waals surface area contributed by atoms with Crippen LogP contribution in [0.2, 0.25) is 0 Å². The zero-order valence-electron chi connectivity index (χ0n) is 15.9. The first-order valence-electron chi connectivity index (χ1n) is 8.43. The van der Waals surface area contributed by atoms with Gasteiger partial charge in [-0.05, 0) is 18.2 Å². The van der Waals surface area contributed by atoms with Crippen molar-refractivity contribution in [1.82, 2.24) is 0 Å². The molecule has 7 nitrogen and oxygen atoms in total. The number of benzene rings is 3. The third-order valence-corrected chi connectivity index (χ3v) is 5.57. The molecule has 0 fully saturated rings. The maximum Gasteiger partial charge on any atom is 1.00 e. The van der Waals surface area contributed by atoms with Gasteiger partial charge in [0.05, 0.1) is 27.4 Å². The molecule has 0 aromatic heterocycles. The first-order valence-corrected chi connectivity index (χ1v) is 9.84. The number of nitrogen functional groups attached to an aromatic ring is 1. The third kappa shape index (κ3) is 3.77. The van der Waals surface area contributed by atoms with Gasteiger partial charge in [-0.1, -0.05) is 30.3 Å². The Morgan fingerprint density at radius 1 is 0.871 bits per heavy atom. The van der Waals surface area contributed by atoms with E-state index in [4.69, 9.17) is 5.73 Å². The molecule has 0 saturated heterocycles. The Labute approximate surface area is 197 Å². The first kappa shape index (κ1) is 23.0. The van der Waals surface area contributed by atoms with Crippen LogP contribution in [0.25, 0.3) is 0 Å². The van der Waals surface area contributed by atoms with Crippen LogP contribution >= 0.6 is 0 Å². The number of hydrogen-bond donors (Lipinski definition) is 2. The molecule has 3 aromatic rings. The van der Waals surface area contributed by atoms with Crippen molar-refractivity contribution < 1.29 is 60.9 Å². The fourth-order valence-corrected chi connectivity index (χ4v) is 3.98. The van der Waals surface area contributed by atoms with Crippen LogP contribution in [0.4, 0.5) is 25.8 Å². The minimum Gasteiger partial charge on any atom is -0.744 e. The maximum absolute atomic E-state index is 14.1. The van der Waals surface area contributed by atoms with E-state index in [2.05, 4.69) is 5.32 Å². The third-order valence-electron chi connectivity index (χ3n) is 4.69. The molecule has 31 heavy (non-hydrogen) atoms. The molecule has 0 amide bonds. The molecule has 0 atom stereocenters. The number of carbonyl (C=O) groups excluding carboxylic acids is 2. The Morgan fingerprint density at radius 3 is 1.90 bits per heavy atom. The molecular formula is C20H11F2N2NaO5S. The Morgan fingerprint density at radius 2 is 1.39 bits per heavy atom. The molecule has 0 unspecified atom stereocenters. The molecule has 3 aromatic carbocycles. The van der Waals surface area contributed by atoms with Crippen LogP contribution in [-0.2, 0) is 10.1 Å². The van der Waals surface area contributed by atoms with Crippen molar-refractivity contribution in [2.75, 3.05) is 11.1 Å². The van der Waals surface area contributed by atoms with Gasteiger partial charge in [0.15, 0.2) is 11.6 Å². The van der Waals surface area contributed by atoms with E-state index in [1.165, 1.54) is 24.3 Å². The van der Waals surface area contributed by atoms with Gasteiger partial charge >= 0.3 is 29.6 Å². The average Bonchev–Trinajstić information content (AvgIpc) is 2.68. The number of hydrogen-bond acceptors (Lipinski definition) is 7. The quantitative estimate of drug-likeness (QED) is 0.254. The molecule has 0 spiro atoms. The van der Waals surface area contributed by atoms with Gasteiger partial charge in [-0.3, -0.25) is 9.59 Å². The van der Waals surface area contributed by atoms with E-state index in [-0.39, 0.29) is 46.2 Å². The molecule has 1 aliphatic rings. The summed E-state index contributed by atoms with van der Waals surface area (Å²) < 4.78 is 63.4. The number of fused-ring (bicyclic) bond motifs is 2. The van der Waals surface area contributed by atoms with Gasteiger partial charge in [0.1, 0.15) is 27.4 Å². The summed E-state index contributed by atoms with van der Waals surface area (Å²) in [6.07, 6.45) is 0. The van der Waals surface area contributed by atoms with Crippen LogP contribution in [0.15, 0.2) is 53.4 Å². The van der Waals surface area contributed by atoms with Gasteiger partial charge in [0.2, 0.25) is 0 Å². The predicted molar refractivity (Wildman–Crippen MR) is 102 cm³/mol. The van der Waals surface area contributed by atoms with Crippen LogP contribution in [0.1, 0.15) is 31.8 Å². The molecule has 0 bridgehead atoms. The number of nitrogens with one attached hydrogen (secondary N) is 1. The number of halogens is 2. The fourth-order valence-electron chi connectivity index (χ4n) is 3.35. The Hall–Kier alpha value is -2.63. The summed E-state index contributed by atoms with van der Waals surface area (Å²) in [6, 6.07) is 9.39. The van der Waals surface area contributed by atoms with Gasteiger partial charge in [-0.25, -0.2) is 17.2 Å². The second-order valence-corrected chi connectivity index (χ2v) is 7.81. The van der Waals surface area contributed by atoms with Gasteiger partial charge in [-0.2, -0.15) is 0 Å². The molecule has 11 heteroatoms. The SMILES string of the molecule is Nc1c(S(=O)(=O)[O-])cc(Nc2c(F)cccc2F)c2c1C(=O)c1ccccc1C2=O.[Na+]. The van der Waals surface area contributed by atoms with E-state index in [0.717, 1.165) is 18.2 Å². The Kier molecular flexibility index (Phi) is 6.05. The van der Waals surface area contributed by atoms with Crippen LogP contribution in [0.3, 0.4) is 0 Å². The van der Waals surface area contributed by atoms with Gasteiger partial charge in [0.25, 0.3) is 0 Å². The topological polar surface area (TPSA) is 129 Å². The van der Waals surface area contributed by atoms with Crippen molar-refractivity contribution in [3.8, 4) is 0 Å². The smallest absolute Gasteiger partial charge is 0.744 e. The molecule has 0 heterocycles. The van der Waals surface area contributed by atoms with Crippen molar-refractivity contribution in [1.29, 1.82) is 0 Å². The van der Waals surface area contributed by atoms with Crippen molar-refractivity contribution >= 4 is 38.7 Å². The minimum absolute atomic E-state index is 0.